The molecule has 1 unspecified atom stereocenters. The smallest absolute Gasteiger partial charge is 0.176 e. The van der Waals surface area contributed by atoms with Crippen LogP contribution in [0.5, 0.6) is 0 Å². The van der Waals surface area contributed by atoms with Gasteiger partial charge < -0.3 is 9.47 Å². The van der Waals surface area contributed by atoms with Crippen molar-refractivity contribution in [3.8, 4) is 0 Å². The van der Waals surface area contributed by atoms with E-state index in [-0.39, 0.29) is 11.5 Å². The lowest BCUT2D eigenvalue weighted by Gasteiger charge is -2.42. The first-order valence-corrected chi connectivity index (χ1v) is 8.39. The molecule has 2 saturated heterocycles. The fourth-order valence-corrected chi connectivity index (χ4v) is 4.21. The van der Waals surface area contributed by atoms with Gasteiger partial charge in [0.15, 0.2) is 5.78 Å². The van der Waals surface area contributed by atoms with Crippen molar-refractivity contribution in [2.24, 2.45) is 5.92 Å². The van der Waals surface area contributed by atoms with E-state index in [1.807, 2.05) is 6.07 Å². The Morgan fingerprint density at radius 1 is 1.35 bits per heavy atom. The number of aryl methyl sites for hydroxylation is 1. The Hall–Kier alpha value is -0.710. The van der Waals surface area contributed by atoms with Crippen LogP contribution in [0.1, 0.15) is 47.2 Å². The van der Waals surface area contributed by atoms with Gasteiger partial charge in [-0.15, -0.1) is 11.3 Å². The molecular weight excluding hydrogens is 272 g/mol. The number of hydrogen-bond donors (Lipinski definition) is 0. The molecule has 1 aromatic heterocycles. The molecule has 0 radical (unpaired) electrons. The summed E-state index contributed by atoms with van der Waals surface area (Å²) in [7, 11) is 0. The normalized spacial score (nSPS) is 25.8. The largest absolute Gasteiger partial charge is 0.381 e. The van der Waals surface area contributed by atoms with Crippen LogP contribution in [0.15, 0.2) is 12.1 Å². The molecule has 2 fully saturated rings. The van der Waals surface area contributed by atoms with E-state index in [2.05, 4.69) is 13.0 Å². The van der Waals surface area contributed by atoms with Gasteiger partial charge in [-0.2, -0.15) is 0 Å². The van der Waals surface area contributed by atoms with E-state index in [9.17, 15) is 4.79 Å². The molecule has 3 heterocycles. The van der Waals surface area contributed by atoms with Gasteiger partial charge in [-0.1, -0.05) is 6.92 Å². The Balaban J connectivity index is 1.71. The van der Waals surface area contributed by atoms with E-state index < -0.39 is 0 Å². The molecule has 0 saturated carbocycles. The monoisotopic (exact) mass is 294 g/mol. The van der Waals surface area contributed by atoms with Gasteiger partial charge in [0, 0.05) is 30.6 Å². The molecule has 20 heavy (non-hydrogen) atoms. The predicted octanol–water partition coefficient (Wildman–Crippen LogP) is 3.47. The van der Waals surface area contributed by atoms with E-state index in [1.165, 1.54) is 4.88 Å². The number of carbonyl (C=O) groups excluding carboxylic acids is 1. The second kappa shape index (κ2) is 5.96. The first-order valence-electron chi connectivity index (χ1n) is 7.57. The standard InChI is InChI=1S/C16H22O3S/c1-2-13-3-4-14(20-13)15(17)12-5-8-19-16(11-12)6-9-18-10-7-16/h3-4,12H,2,5-11H2,1H3. The summed E-state index contributed by atoms with van der Waals surface area (Å²) in [4.78, 5) is 14.9. The van der Waals surface area contributed by atoms with E-state index in [4.69, 9.17) is 9.47 Å². The highest BCUT2D eigenvalue weighted by Crippen LogP contribution is 2.38. The van der Waals surface area contributed by atoms with Gasteiger partial charge in [0.25, 0.3) is 0 Å². The summed E-state index contributed by atoms with van der Waals surface area (Å²) in [5, 5.41) is 0. The molecule has 3 nitrogen and oxygen atoms in total. The molecule has 110 valence electrons. The average molecular weight is 294 g/mol. The lowest BCUT2D eigenvalue weighted by Crippen LogP contribution is -2.45. The summed E-state index contributed by atoms with van der Waals surface area (Å²) in [6.07, 6.45) is 4.60. The molecule has 2 aliphatic rings. The van der Waals surface area contributed by atoms with Crippen molar-refractivity contribution in [2.45, 2.75) is 44.6 Å². The number of thiophene rings is 1. The van der Waals surface area contributed by atoms with Crippen molar-refractivity contribution < 1.29 is 14.3 Å². The topological polar surface area (TPSA) is 35.5 Å². The highest BCUT2D eigenvalue weighted by Gasteiger charge is 2.41. The van der Waals surface area contributed by atoms with Gasteiger partial charge in [-0.25, -0.2) is 0 Å². The molecular formula is C16H22O3S. The van der Waals surface area contributed by atoms with Crippen molar-refractivity contribution in [3.63, 3.8) is 0 Å². The zero-order valence-corrected chi connectivity index (χ0v) is 12.8. The van der Waals surface area contributed by atoms with Crippen LogP contribution in [0.25, 0.3) is 0 Å². The zero-order valence-electron chi connectivity index (χ0n) is 12.0. The van der Waals surface area contributed by atoms with E-state index in [0.29, 0.717) is 12.4 Å². The summed E-state index contributed by atoms with van der Waals surface area (Å²) in [6.45, 7) is 4.37. The predicted molar refractivity (Wildman–Crippen MR) is 79.5 cm³/mol. The third-order valence-electron chi connectivity index (χ3n) is 4.52. The summed E-state index contributed by atoms with van der Waals surface area (Å²) < 4.78 is 11.5. The first kappa shape index (κ1) is 14.2. The minimum atomic E-state index is -0.0956. The van der Waals surface area contributed by atoms with Crippen LogP contribution >= 0.6 is 11.3 Å². The summed E-state index contributed by atoms with van der Waals surface area (Å²) in [5.41, 5.74) is -0.0956. The Morgan fingerprint density at radius 2 is 2.15 bits per heavy atom. The van der Waals surface area contributed by atoms with Gasteiger partial charge in [0.2, 0.25) is 0 Å². The second-order valence-electron chi connectivity index (χ2n) is 5.82. The molecule has 1 spiro atoms. The lowest BCUT2D eigenvalue weighted by molar-refractivity contribution is -0.142. The number of ether oxygens (including phenoxy) is 2. The molecule has 0 bridgehead atoms. The highest BCUT2D eigenvalue weighted by atomic mass is 32.1. The molecule has 0 aromatic carbocycles. The molecule has 0 aliphatic carbocycles. The Labute approximate surface area is 124 Å². The van der Waals surface area contributed by atoms with E-state index in [1.54, 1.807) is 11.3 Å². The average Bonchev–Trinajstić information content (AvgIpc) is 2.96. The Morgan fingerprint density at radius 3 is 2.85 bits per heavy atom. The van der Waals surface area contributed by atoms with Gasteiger partial charge in [-0.05, 0) is 44.2 Å². The van der Waals surface area contributed by atoms with Crippen molar-refractivity contribution in [3.05, 3.63) is 21.9 Å². The molecule has 0 amide bonds. The fourth-order valence-electron chi connectivity index (χ4n) is 3.24. The van der Waals surface area contributed by atoms with Crippen LogP contribution in [0.2, 0.25) is 0 Å². The minimum Gasteiger partial charge on any atom is -0.381 e. The number of Topliss-reactive ketones (excluding diaryl/α,β-unsaturated/α-hetero) is 1. The number of rotatable bonds is 3. The number of hydrogen-bond acceptors (Lipinski definition) is 4. The maximum Gasteiger partial charge on any atom is 0.176 e. The van der Waals surface area contributed by atoms with Crippen LogP contribution in [-0.2, 0) is 15.9 Å². The number of carbonyl (C=O) groups is 1. The molecule has 0 N–H and O–H groups in total. The van der Waals surface area contributed by atoms with Crippen molar-refractivity contribution >= 4 is 17.1 Å². The molecule has 2 aliphatic heterocycles. The third kappa shape index (κ3) is 2.83. The van der Waals surface area contributed by atoms with Gasteiger partial charge in [-0.3, -0.25) is 4.79 Å². The van der Waals surface area contributed by atoms with Crippen LogP contribution in [0, 0.1) is 5.92 Å². The highest BCUT2D eigenvalue weighted by molar-refractivity contribution is 7.14. The lowest BCUT2D eigenvalue weighted by atomic mass is 9.79. The SMILES string of the molecule is CCc1ccc(C(=O)C2CCOC3(CCOCC3)C2)s1. The van der Waals surface area contributed by atoms with Crippen LogP contribution in [0.3, 0.4) is 0 Å². The van der Waals surface area contributed by atoms with Crippen LogP contribution < -0.4 is 0 Å². The van der Waals surface area contributed by atoms with E-state index in [0.717, 1.165) is 50.2 Å². The second-order valence-corrected chi connectivity index (χ2v) is 6.99. The minimum absolute atomic E-state index is 0.0956. The van der Waals surface area contributed by atoms with Crippen molar-refractivity contribution in [2.75, 3.05) is 19.8 Å². The maximum absolute atomic E-state index is 12.7. The van der Waals surface area contributed by atoms with Gasteiger partial charge in [0.05, 0.1) is 10.5 Å². The first-order chi connectivity index (χ1) is 9.72. The number of ketones is 1. The summed E-state index contributed by atoms with van der Waals surface area (Å²) in [5.74, 6) is 0.453. The van der Waals surface area contributed by atoms with Crippen LogP contribution in [-0.4, -0.2) is 31.2 Å². The van der Waals surface area contributed by atoms with Gasteiger partial charge >= 0.3 is 0 Å². The van der Waals surface area contributed by atoms with Crippen LogP contribution in [0.4, 0.5) is 0 Å². The van der Waals surface area contributed by atoms with Gasteiger partial charge in [0.1, 0.15) is 0 Å². The zero-order chi connectivity index (χ0) is 14.0. The van der Waals surface area contributed by atoms with E-state index >= 15 is 0 Å². The molecule has 3 rings (SSSR count). The Kier molecular flexibility index (Phi) is 4.24. The molecule has 1 aromatic rings. The molecule has 1 atom stereocenters. The Bertz CT molecular complexity index is 468. The summed E-state index contributed by atoms with van der Waals surface area (Å²) >= 11 is 1.65. The summed E-state index contributed by atoms with van der Waals surface area (Å²) in [6, 6.07) is 4.08. The van der Waals surface area contributed by atoms with Crippen molar-refractivity contribution in [1.82, 2.24) is 0 Å². The van der Waals surface area contributed by atoms with Crippen molar-refractivity contribution in [1.29, 1.82) is 0 Å². The fraction of sp³-hybridized carbons (Fsp3) is 0.688. The quantitative estimate of drug-likeness (QED) is 0.801. The third-order valence-corrected chi connectivity index (χ3v) is 5.76. The maximum atomic E-state index is 12.7. The molecule has 4 heteroatoms.